The summed E-state index contributed by atoms with van der Waals surface area (Å²) in [4.78, 5) is 9.38. The third-order valence-corrected chi connectivity index (χ3v) is 8.39. The molecule has 2 heterocycles. The monoisotopic (exact) mass is 578 g/mol. The quantitative estimate of drug-likeness (QED) is 0.148. The van der Waals surface area contributed by atoms with Gasteiger partial charge in [0.2, 0.25) is 0 Å². The molecule has 3 N–H and O–H groups in total. The molecule has 10 nitrogen and oxygen atoms in total. The van der Waals surface area contributed by atoms with Crippen LogP contribution >= 0.6 is 11.8 Å². The normalized spacial score (nSPS) is 26.1. The number of nitrogens with one attached hydrogen (secondary N) is 1. The molecule has 0 spiro atoms. The minimum Gasteiger partial charge on any atom is -0.388 e. The number of nitrogens with zero attached hydrogens (tertiary/aromatic N) is 5. The summed E-state index contributed by atoms with van der Waals surface area (Å²) in [5, 5.41) is 34.2. The number of hydrogen-bond donors (Lipinski definition) is 3. The molecule has 0 saturated heterocycles. The fourth-order valence-electron chi connectivity index (χ4n) is 5.02. The molecule has 5 rings (SSSR count). The smallest absolute Gasteiger partial charge is 0.191 e. The molecule has 3 aromatic rings. The highest BCUT2D eigenvalue weighted by Crippen LogP contribution is 2.44. The third kappa shape index (κ3) is 6.38. The summed E-state index contributed by atoms with van der Waals surface area (Å²) in [6.45, 7) is 5.57. The molecule has 0 amide bonds. The highest BCUT2D eigenvalue weighted by molar-refractivity contribution is 7.99. The molecule has 40 heavy (non-hydrogen) atoms. The van der Waals surface area contributed by atoms with Crippen molar-refractivity contribution in [3.05, 3.63) is 35.4 Å². The van der Waals surface area contributed by atoms with E-state index in [0.29, 0.717) is 48.4 Å². The van der Waals surface area contributed by atoms with Gasteiger partial charge in [-0.3, -0.25) is 0 Å². The number of benzene rings is 1. The fourth-order valence-corrected chi connectivity index (χ4v) is 5.71. The van der Waals surface area contributed by atoms with Crippen molar-refractivity contribution in [1.82, 2.24) is 25.0 Å². The predicted molar refractivity (Wildman–Crippen MR) is 146 cm³/mol. The van der Waals surface area contributed by atoms with Gasteiger partial charge in [0, 0.05) is 30.7 Å². The largest absolute Gasteiger partial charge is 0.388 e. The molecule has 2 aromatic heterocycles. The SMILES string of the molecule is CCCCOCCO[C@H]1C[C@@H](n2nnc3c(N[C@@H]4C[C@H]4c4ccc(F)c(F)c4)nc(SCCC)nc32)[C@H](O)[C@@H]1O. The number of halogens is 2. The summed E-state index contributed by atoms with van der Waals surface area (Å²) in [5.74, 6) is -0.410. The standard InChI is InChI=1S/C27H36F2N6O4S/c1-3-5-8-38-9-10-39-21-14-20(23(36)24(21)37)35-26-22(33-34-35)25(31-27(32-26)40-11-4-2)30-19-13-16(19)15-6-7-17(28)18(29)12-15/h6-7,12,16,19-21,23-24,36-37H,3-5,8-11,13-14H2,1-2H3,(H,30,31,32)/t16-,19+,20+,21-,23-,24+/m0/s1. The third-order valence-electron chi connectivity index (χ3n) is 7.34. The number of unbranched alkanes of at least 4 members (excludes halogenated alkanes) is 1. The molecule has 2 saturated carbocycles. The Labute approximate surface area is 235 Å². The van der Waals surface area contributed by atoms with Crippen LogP contribution in [0.3, 0.4) is 0 Å². The van der Waals surface area contributed by atoms with E-state index < -0.39 is 36.0 Å². The van der Waals surface area contributed by atoms with Gasteiger partial charge in [-0.25, -0.2) is 23.4 Å². The van der Waals surface area contributed by atoms with E-state index in [0.717, 1.165) is 43.1 Å². The highest BCUT2D eigenvalue weighted by atomic mass is 32.2. The average molecular weight is 579 g/mol. The van der Waals surface area contributed by atoms with Crippen LogP contribution in [0.4, 0.5) is 14.6 Å². The highest BCUT2D eigenvalue weighted by Gasteiger charge is 2.45. The molecule has 0 bridgehead atoms. The zero-order chi connectivity index (χ0) is 28.2. The van der Waals surface area contributed by atoms with Crippen LogP contribution in [0.15, 0.2) is 23.4 Å². The van der Waals surface area contributed by atoms with E-state index in [1.165, 1.54) is 17.8 Å². The summed E-state index contributed by atoms with van der Waals surface area (Å²) in [5.41, 5.74) is 1.60. The van der Waals surface area contributed by atoms with Gasteiger partial charge in [0.25, 0.3) is 0 Å². The number of aliphatic hydroxyl groups is 2. The summed E-state index contributed by atoms with van der Waals surface area (Å²) in [6, 6.07) is 3.36. The van der Waals surface area contributed by atoms with E-state index in [9.17, 15) is 19.0 Å². The first-order valence-corrected chi connectivity index (χ1v) is 14.9. The molecule has 0 radical (unpaired) electrons. The molecular weight excluding hydrogens is 542 g/mol. The van der Waals surface area contributed by atoms with Gasteiger partial charge in [0.15, 0.2) is 33.8 Å². The van der Waals surface area contributed by atoms with Crippen molar-refractivity contribution in [2.75, 3.05) is 30.9 Å². The van der Waals surface area contributed by atoms with Gasteiger partial charge in [0.05, 0.1) is 25.4 Å². The van der Waals surface area contributed by atoms with Crippen molar-refractivity contribution in [2.24, 2.45) is 0 Å². The van der Waals surface area contributed by atoms with Crippen LogP contribution in [0.1, 0.15) is 63.5 Å². The number of rotatable bonds is 14. The van der Waals surface area contributed by atoms with Crippen molar-refractivity contribution in [3.8, 4) is 0 Å². The van der Waals surface area contributed by atoms with Gasteiger partial charge in [-0.15, -0.1) is 5.10 Å². The van der Waals surface area contributed by atoms with Crippen molar-refractivity contribution in [3.63, 3.8) is 0 Å². The maximum Gasteiger partial charge on any atom is 0.191 e. The Morgan fingerprint density at radius 2 is 1.90 bits per heavy atom. The lowest BCUT2D eigenvalue weighted by Gasteiger charge is -2.17. The van der Waals surface area contributed by atoms with Crippen LogP contribution in [0.5, 0.6) is 0 Å². The number of fused-ring (bicyclic) bond motifs is 1. The Hall–Kier alpha value is -2.45. The van der Waals surface area contributed by atoms with Gasteiger partial charge >= 0.3 is 0 Å². The first-order chi connectivity index (χ1) is 19.4. The predicted octanol–water partition coefficient (Wildman–Crippen LogP) is 3.84. The summed E-state index contributed by atoms with van der Waals surface area (Å²) in [7, 11) is 0. The molecule has 6 atom stereocenters. The number of aliphatic hydroxyl groups excluding tert-OH is 2. The van der Waals surface area contributed by atoms with Crippen LogP contribution < -0.4 is 5.32 Å². The van der Waals surface area contributed by atoms with Crippen LogP contribution in [-0.2, 0) is 9.47 Å². The van der Waals surface area contributed by atoms with Crippen molar-refractivity contribution < 1.29 is 28.5 Å². The first kappa shape index (κ1) is 29.1. The topological polar surface area (TPSA) is 127 Å². The van der Waals surface area contributed by atoms with Crippen LogP contribution in [0, 0.1) is 11.6 Å². The molecule has 2 fully saturated rings. The van der Waals surface area contributed by atoms with Crippen molar-refractivity contribution >= 4 is 28.7 Å². The maximum atomic E-state index is 13.8. The molecule has 1 aromatic carbocycles. The van der Waals surface area contributed by atoms with Crippen LogP contribution in [0.2, 0.25) is 0 Å². The van der Waals surface area contributed by atoms with E-state index in [1.807, 2.05) is 0 Å². The lowest BCUT2D eigenvalue weighted by atomic mass is 10.1. The molecule has 0 unspecified atom stereocenters. The van der Waals surface area contributed by atoms with Crippen molar-refractivity contribution in [1.29, 1.82) is 0 Å². The zero-order valence-corrected chi connectivity index (χ0v) is 23.5. The number of thioether (sulfide) groups is 1. The second-order valence-corrected chi connectivity index (χ2v) is 11.4. The minimum atomic E-state index is -1.12. The lowest BCUT2D eigenvalue weighted by molar-refractivity contribution is -0.0687. The molecule has 0 aliphatic heterocycles. The Bertz CT molecular complexity index is 1300. The second-order valence-electron chi connectivity index (χ2n) is 10.3. The summed E-state index contributed by atoms with van der Waals surface area (Å²) in [6.07, 6.45) is 1.25. The minimum absolute atomic E-state index is 0.0116. The Morgan fingerprint density at radius 3 is 2.67 bits per heavy atom. The average Bonchev–Trinajstić information content (AvgIpc) is 3.49. The van der Waals surface area contributed by atoms with Gasteiger partial charge in [-0.2, -0.15) is 0 Å². The Balaban J connectivity index is 1.33. The van der Waals surface area contributed by atoms with E-state index in [-0.39, 0.29) is 12.0 Å². The molecule has 2 aliphatic carbocycles. The summed E-state index contributed by atoms with van der Waals surface area (Å²) < 4.78 is 40.1. The Kier molecular flexibility index (Phi) is 9.46. The van der Waals surface area contributed by atoms with Crippen molar-refractivity contribution in [2.45, 2.75) is 87.4 Å². The van der Waals surface area contributed by atoms with E-state index >= 15 is 0 Å². The van der Waals surface area contributed by atoms with Crippen LogP contribution in [0.25, 0.3) is 11.2 Å². The number of aromatic nitrogens is 5. The molecule has 2 aliphatic rings. The number of ether oxygens (including phenoxy) is 2. The Morgan fingerprint density at radius 1 is 1.05 bits per heavy atom. The van der Waals surface area contributed by atoms with Gasteiger partial charge in [-0.05, 0) is 37.0 Å². The summed E-state index contributed by atoms with van der Waals surface area (Å²) >= 11 is 1.50. The van der Waals surface area contributed by atoms with E-state index in [1.54, 1.807) is 10.7 Å². The second kappa shape index (κ2) is 13.0. The fraction of sp³-hybridized carbons (Fsp3) is 0.630. The van der Waals surface area contributed by atoms with Gasteiger partial charge in [0.1, 0.15) is 12.2 Å². The molecule has 218 valence electrons. The van der Waals surface area contributed by atoms with Gasteiger partial charge < -0.3 is 25.0 Å². The first-order valence-electron chi connectivity index (χ1n) is 13.9. The van der Waals surface area contributed by atoms with E-state index in [4.69, 9.17) is 14.5 Å². The molecule has 13 heteroatoms. The molecular formula is C27H36F2N6O4S. The number of hydrogen-bond acceptors (Lipinski definition) is 10. The van der Waals surface area contributed by atoms with Gasteiger partial charge in [-0.1, -0.05) is 43.3 Å². The maximum absolute atomic E-state index is 13.8. The van der Waals surface area contributed by atoms with E-state index in [2.05, 4.69) is 34.5 Å². The lowest BCUT2D eigenvalue weighted by Crippen LogP contribution is -2.33. The zero-order valence-electron chi connectivity index (χ0n) is 22.7. The van der Waals surface area contributed by atoms with Crippen LogP contribution in [-0.4, -0.2) is 85.1 Å². The number of anilines is 1.